The predicted octanol–water partition coefficient (Wildman–Crippen LogP) is 10.9. The monoisotopic (exact) mass is 616 g/mol. The van der Waals surface area contributed by atoms with Gasteiger partial charge in [0.15, 0.2) is 23.1 Å². The van der Waals surface area contributed by atoms with E-state index in [4.69, 9.17) is 28.8 Å². The zero-order valence-electron chi connectivity index (χ0n) is 25.5. The Morgan fingerprint density at radius 3 is 1.69 bits per heavy atom. The SMILES string of the molecule is c1ccc(-c2nc(-c3ccc(-c4nc5ccccc5c5c4oc4ccccc45)cc3)nc(-c3cccc4oc5ccccc5c34)n2)cc1. The Morgan fingerprint density at radius 1 is 0.354 bits per heavy atom. The Balaban J connectivity index is 1.15. The lowest BCUT2D eigenvalue weighted by atomic mass is 10.0. The van der Waals surface area contributed by atoms with Gasteiger partial charge in [-0.05, 0) is 24.3 Å². The molecular weight excluding hydrogens is 592 g/mol. The van der Waals surface area contributed by atoms with E-state index in [0.29, 0.717) is 17.5 Å². The van der Waals surface area contributed by atoms with Gasteiger partial charge in [-0.2, -0.15) is 0 Å². The molecule has 0 unspecified atom stereocenters. The summed E-state index contributed by atoms with van der Waals surface area (Å²) in [5.74, 6) is 1.76. The maximum absolute atomic E-state index is 6.45. The molecule has 224 valence electrons. The molecule has 48 heavy (non-hydrogen) atoms. The van der Waals surface area contributed by atoms with Gasteiger partial charge in [-0.15, -0.1) is 0 Å². The van der Waals surface area contributed by atoms with Gasteiger partial charge in [0.1, 0.15) is 22.4 Å². The van der Waals surface area contributed by atoms with Crippen LogP contribution in [0.1, 0.15) is 0 Å². The molecule has 0 fully saturated rings. The average Bonchev–Trinajstić information content (AvgIpc) is 3.74. The summed E-state index contributed by atoms with van der Waals surface area (Å²) >= 11 is 0. The topological polar surface area (TPSA) is 77.8 Å². The molecule has 0 aliphatic heterocycles. The van der Waals surface area contributed by atoms with E-state index in [1.165, 1.54) is 0 Å². The molecule has 10 rings (SSSR count). The lowest BCUT2D eigenvalue weighted by Gasteiger charge is -2.10. The molecular formula is C42H24N4O2. The fourth-order valence-corrected chi connectivity index (χ4v) is 6.71. The Bertz CT molecular complexity index is 2840. The standard InChI is InChI=1S/C42H24N4O2/c1-2-11-26(12-3-1)40-44-41(46-42(45-40)31-16-10-20-35-36(31)29-14-5-8-18-33(29)47-35)27-23-21-25(22-24-27)38-39-37(28-13-4-7-17-32(28)43-38)30-15-6-9-19-34(30)48-39/h1-24H. The van der Waals surface area contributed by atoms with E-state index in [-0.39, 0.29) is 0 Å². The summed E-state index contributed by atoms with van der Waals surface area (Å²) in [4.78, 5) is 20.1. The van der Waals surface area contributed by atoms with E-state index in [0.717, 1.165) is 82.7 Å². The number of hydrogen-bond donors (Lipinski definition) is 0. The lowest BCUT2D eigenvalue weighted by Crippen LogP contribution is -2.00. The summed E-state index contributed by atoms with van der Waals surface area (Å²) in [5, 5.41) is 5.23. The average molecular weight is 617 g/mol. The quantitative estimate of drug-likeness (QED) is 0.196. The maximum Gasteiger partial charge on any atom is 0.164 e. The van der Waals surface area contributed by atoms with E-state index in [9.17, 15) is 0 Å². The smallest absolute Gasteiger partial charge is 0.164 e. The zero-order chi connectivity index (χ0) is 31.6. The molecule has 4 heterocycles. The van der Waals surface area contributed by atoms with Gasteiger partial charge in [-0.3, -0.25) is 0 Å². The van der Waals surface area contributed by atoms with Crippen LogP contribution in [-0.2, 0) is 0 Å². The number of nitrogens with zero attached hydrogens (tertiary/aromatic N) is 4. The van der Waals surface area contributed by atoms with Crippen molar-refractivity contribution in [1.82, 2.24) is 19.9 Å². The maximum atomic E-state index is 6.45. The van der Waals surface area contributed by atoms with Crippen LogP contribution in [0.15, 0.2) is 154 Å². The minimum Gasteiger partial charge on any atom is -0.456 e. The van der Waals surface area contributed by atoms with Gasteiger partial charge in [0, 0.05) is 49.2 Å². The van der Waals surface area contributed by atoms with Crippen molar-refractivity contribution in [2.75, 3.05) is 0 Å². The summed E-state index contributed by atoms with van der Waals surface area (Å²) in [6.45, 7) is 0. The molecule has 4 aromatic heterocycles. The highest BCUT2D eigenvalue weighted by Gasteiger charge is 2.20. The van der Waals surface area contributed by atoms with Crippen molar-refractivity contribution in [2.45, 2.75) is 0 Å². The highest BCUT2D eigenvalue weighted by molar-refractivity contribution is 6.20. The first-order valence-corrected chi connectivity index (χ1v) is 15.8. The summed E-state index contributed by atoms with van der Waals surface area (Å²) < 4.78 is 12.6. The predicted molar refractivity (Wildman–Crippen MR) is 191 cm³/mol. The molecule has 0 N–H and O–H groups in total. The first-order chi connectivity index (χ1) is 23.8. The van der Waals surface area contributed by atoms with Crippen LogP contribution < -0.4 is 0 Å². The molecule has 0 saturated carbocycles. The van der Waals surface area contributed by atoms with Crippen molar-refractivity contribution >= 4 is 54.8 Å². The number of furan rings is 2. The summed E-state index contributed by atoms with van der Waals surface area (Å²) in [6, 6.07) is 48.7. The summed E-state index contributed by atoms with van der Waals surface area (Å²) in [7, 11) is 0. The fourth-order valence-electron chi connectivity index (χ4n) is 6.71. The molecule has 0 atom stereocenters. The number of benzene rings is 6. The molecule has 0 saturated heterocycles. The van der Waals surface area contributed by atoms with E-state index < -0.39 is 0 Å². The van der Waals surface area contributed by atoms with Gasteiger partial charge < -0.3 is 8.83 Å². The van der Waals surface area contributed by atoms with Gasteiger partial charge >= 0.3 is 0 Å². The molecule has 0 aliphatic carbocycles. The molecule has 6 heteroatoms. The highest BCUT2D eigenvalue weighted by atomic mass is 16.3. The highest BCUT2D eigenvalue weighted by Crippen LogP contribution is 2.40. The number of aromatic nitrogens is 4. The Kier molecular flexibility index (Phi) is 5.77. The fraction of sp³-hybridized carbons (Fsp3) is 0. The van der Waals surface area contributed by atoms with Gasteiger partial charge in [-0.25, -0.2) is 19.9 Å². The summed E-state index contributed by atoms with van der Waals surface area (Å²) in [6.07, 6.45) is 0. The van der Waals surface area contributed by atoms with E-state index >= 15 is 0 Å². The minimum atomic E-state index is 0.579. The molecule has 6 nitrogen and oxygen atoms in total. The van der Waals surface area contributed by atoms with Crippen LogP contribution in [0.3, 0.4) is 0 Å². The van der Waals surface area contributed by atoms with Gasteiger partial charge in [0.2, 0.25) is 0 Å². The van der Waals surface area contributed by atoms with Crippen molar-refractivity contribution in [3.63, 3.8) is 0 Å². The van der Waals surface area contributed by atoms with Crippen molar-refractivity contribution < 1.29 is 8.83 Å². The number of rotatable bonds is 4. The zero-order valence-corrected chi connectivity index (χ0v) is 25.5. The minimum absolute atomic E-state index is 0.579. The van der Waals surface area contributed by atoms with Crippen LogP contribution >= 0.6 is 0 Å². The van der Waals surface area contributed by atoms with Crippen molar-refractivity contribution in [1.29, 1.82) is 0 Å². The second kappa shape index (κ2) is 10.4. The molecule has 0 bridgehead atoms. The molecule has 10 aromatic rings. The molecule has 6 aromatic carbocycles. The van der Waals surface area contributed by atoms with Gasteiger partial charge in [-0.1, -0.05) is 121 Å². The third kappa shape index (κ3) is 4.13. The van der Waals surface area contributed by atoms with Crippen molar-refractivity contribution in [2.24, 2.45) is 0 Å². The third-order valence-electron chi connectivity index (χ3n) is 8.94. The first kappa shape index (κ1) is 26.5. The molecule has 0 spiro atoms. The molecule has 0 amide bonds. The van der Waals surface area contributed by atoms with Crippen LogP contribution in [0.5, 0.6) is 0 Å². The second-order valence-corrected chi connectivity index (χ2v) is 11.8. The van der Waals surface area contributed by atoms with Crippen LogP contribution in [0.2, 0.25) is 0 Å². The van der Waals surface area contributed by atoms with Crippen LogP contribution in [0.25, 0.3) is 100 Å². The number of pyridine rings is 1. The first-order valence-electron chi connectivity index (χ1n) is 15.8. The van der Waals surface area contributed by atoms with Crippen LogP contribution in [0, 0.1) is 0 Å². The Labute approximate surface area is 274 Å². The molecule has 0 radical (unpaired) electrons. The summed E-state index contributed by atoms with van der Waals surface area (Å²) in [5.41, 5.74) is 8.57. The van der Waals surface area contributed by atoms with Crippen LogP contribution in [-0.4, -0.2) is 19.9 Å². The normalized spacial score (nSPS) is 11.8. The number of hydrogen-bond acceptors (Lipinski definition) is 6. The number of fused-ring (bicyclic) bond motifs is 8. The van der Waals surface area contributed by atoms with E-state index in [1.54, 1.807) is 0 Å². The Hall–Kier alpha value is -6.66. The largest absolute Gasteiger partial charge is 0.456 e. The van der Waals surface area contributed by atoms with Gasteiger partial charge in [0.05, 0.1) is 5.52 Å². The van der Waals surface area contributed by atoms with E-state index in [1.807, 2.05) is 109 Å². The second-order valence-electron chi connectivity index (χ2n) is 11.8. The third-order valence-corrected chi connectivity index (χ3v) is 8.94. The van der Waals surface area contributed by atoms with Crippen molar-refractivity contribution in [3.05, 3.63) is 146 Å². The molecule has 0 aliphatic rings. The van der Waals surface area contributed by atoms with E-state index in [2.05, 4.69) is 36.4 Å². The number of para-hydroxylation sites is 3. The lowest BCUT2D eigenvalue weighted by molar-refractivity contribution is 0.668. The Morgan fingerprint density at radius 2 is 0.917 bits per heavy atom. The van der Waals surface area contributed by atoms with Crippen LogP contribution in [0.4, 0.5) is 0 Å². The van der Waals surface area contributed by atoms with Gasteiger partial charge in [0.25, 0.3) is 0 Å². The van der Waals surface area contributed by atoms with Crippen molar-refractivity contribution in [3.8, 4) is 45.4 Å².